The van der Waals surface area contributed by atoms with Crippen LogP contribution >= 0.6 is 11.3 Å². The van der Waals surface area contributed by atoms with E-state index in [0.717, 1.165) is 32.2 Å². The Kier molecular flexibility index (Phi) is 4.83. The number of hydrogen-bond acceptors (Lipinski definition) is 5. The molecule has 0 fully saturated rings. The van der Waals surface area contributed by atoms with E-state index >= 15 is 0 Å². The molecule has 0 radical (unpaired) electrons. The van der Waals surface area contributed by atoms with Crippen molar-refractivity contribution in [3.63, 3.8) is 0 Å². The third kappa shape index (κ3) is 3.61. The standard InChI is InChI=1S/C21H20N4O2S/c1-13-6-4-5-7-16(13)20-23-14(2)19(28-20)11-27-21(26)24-15-8-9-18-17(10-15)22-12-25(18)3/h4-10,12H,11H2,1-3H3,(H,24,26). The molecule has 0 saturated carbocycles. The molecular formula is C21H20N4O2S. The smallest absolute Gasteiger partial charge is 0.411 e. The van der Waals surface area contributed by atoms with Gasteiger partial charge >= 0.3 is 6.09 Å². The van der Waals surface area contributed by atoms with Crippen molar-refractivity contribution in [1.82, 2.24) is 14.5 Å². The molecule has 0 saturated heterocycles. The Bertz CT molecular complexity index is 1160. The van der Waals surface area contributed by atoms with Crippen LogP contribution in [0.1, 0.15) is 16.1 Å². The molecule has 0 unspecified atom stereocenters. The number of rotatable bonds is 4. The molecule has 1 N–H and O–H groups in total. The molecule has 0 aliphatic rings. The highest BCUT2D eigenvalue weighted by molar-refractivity contribution is 7.15. The average molecular weight is 392 g/mol. The van der Waals surface area contributed by atoms with E-state index < -0.39 is 6.09 Å². The second-order valence-electron chi connectivity index (χ2n) is 6.60. The summed E-state index contributed by atoms with van der Waals surface area (Å²) in [4.78, 5) is 22.1. The fraction of sp³-hybridized carbons (Fsp3) is 0.190. The van der Waals surface area contributed by atoms with Gasteiger partial charge in [-0.2, -0.15) is 0 Å². The summed E-state index contributed by atoms with van der Waals surface area (Å²) in [5.74, 6) is 0. The number of amides is 1. The van der Waals surface area contributed by atoms with Gasteiger partial charge in [0.25, 0.3) is 0 Å². The van der Waals surface area contributed by atoms with Crippen LogP contribution in [0, 0.1) is 13.8 Å². The largest absolute Gasteiger partial charge is 0.444 e. The van der Waals surface area contributed by atoms with Gasteiger partial charge in [-0.25, -0.2) is 14.8 Å². The van der Waals surface area contributed by atoms with Gasteiger partial charge in [0.2, 0.25) is 0 Å². The monoisotopic (exact) mass is 392 g/mol. The molecule has 0 aliphatic heterocycles. The second-order valence-corrected chi connectivity index (χ2v) is 7.69. The van der Waals surface area contributed by atoms with Crippen LogP contribution in [0.25, 0.3) is 21.6 Å². The Morgan fingerprint density at radius 3 is 2.86 bits per heavy atom. The molecule has 2 heterocycles. The van der Waals surface area contributed by atoms with E-state index in [0.29, 0.717) is 5.69 Å². The molecule has 6 nitrogen and oxygen atoms in total. The minimum atomic E-state index is -0.500. The topological polar surface area (TPSA) is 69.0 Å². The molecule has 0 bridgehead atoms. The van der Waals surface area contributed by atoms with Crippen LogP contribution < -0.4 is 5.32 Å². The normalized spacial score (nSPS) is 11.0. The van der Waals surface area contributed by atoms with E-state index in [1.165, 1.54) is 5.56 Å². The maximum absolute atomic E-state index is 12.2. The van der Waals surface area contributed by atoms with Crippen molar-refractivity contribution in [1.29, 1.82) is 0 Å². The van der Waals surface area contributed by atoms with Crippen molar-refractivity contribution in [2.45, 2.75) is 20.5 Å². The summed E-state index contributed by atoms with van der Waals surface area (Å²) >= 11 is 1.55. The highest BCUT2D eigenvalue weighted by Gasteiger charge is 2.13. The first kappa shape index (κ1) is 18.2. The van der Waals surface area contributed by atoms with Gasteiger partial charge in [-0.3, -0.25) is 5.32 Å². The van der Waals surface area contributed by atoms with Gasteiger partial charge < -0.3 is 9.30 Å². The van der Waals surface area contributed by atoms with E-state index in [1.807, 2.05) is 48.9 Å². The van der Waals surface area contributed by atoms with E-state index in [4.69, 9.17) is 4.74 Å². The van der Waals surface area contributed by atoms with Gasteiger partial charge in [-0.1, -0.05) is 24.3 Å². The van der Waals surface area contributed by atoms with E-state index in [1.54, 1.807) is 17.7 Å². The van der Waals surface area contributed by atoms with Crippen molar-refractivity contribution in [2.75, 3.05) is 5.32 Å². The molecule has 4 rings (SSSR count). The summed E-state index contributed by atoms with van der Waals surface area (Å²) in [7, 11) is 1.93. The first-order chi connectivity index (χ1) is 13.5. The lowest BCUT2D eigenvalue weighted by atomic mass is 10.1. The molecule has 4 aromatic rings. The predicted octanol–water partition coefficient (Wildman–Crippen LogP) is 5.06. The quantitative estimate of drug-likeness (QED) is 0.527. The first-order valence-corrected chi connectivity index (χ1v) is 9.70. The van der Waals surface area contributed by atoms with Gasteiger partial charge in [0.15, 0.2) is 0 Å². The number of anilines is 1. The van der Waals surface area contributed by atoms with Gasteiger partial charge in [-0.05, 0) is 37.6 Å². The third-order valence-corrected chi connectivity index (χ3v) is 5.74. The molecular weight excluding hydrogens is 372 g/mol. The maximum Gasteiger partial charge on any atom is 0.411 e. The Morgan fingerprint density at radius 1 is 1.21 bits per heavy atom. The van der Waals surface area contributed by atoms with Crippen molar-refractivity contribution < 1.29 is 9.53 Å². The molecule has 2 aromatic heterocycles. The fourth-order valence-corrected chi connectivity index (χ4v) is 4.06. The number of nitrogens with zero attached hydrogens (tertiary/aromatic N) is 3. The van der Waals surface area contributed by atoms with Crippen molar-refractivity contribution in [2.24, 2.45) is 7.05 Å². The van der Waals surface area contributed by atoms with Crippen molar-refractivity contribution in [3.05, 3.63) is 64.9 Å². The maximum atomic E-state index is 12.2. The van der Waals surface area contributed by atoms with Crippen LogP contribution in [-0.2, 0) is 18.4 Å². The SMILES string of the molecule is Cc1ccccc1-c1nc(C)c(COC(=O)Nc2ccc3c(c2)ncn3C)s1. The highest BCUT2D eigenvalue weighted by atomic mass is 32.1. The molecule has 0 atom stereocenters. The average Bonchev–Trinajstić information content (AvgIpc) is 3.23. The molecule has 0 spiro atoms. The van der Waals surface area contributed by atoms with E-state index in [2.05, 4.69) is 34.3 Å². The zero-order chi connectivity index (χ0) is 19.7. The Hall–Kier alpha value is -3.19. The molecule has 1 amide bonds. The summed E-state index contributed by atoms with van der Waals surface area (Å²) in [5, 5.41) is 3.69. The molecule has 0 aliphatic carbocycles. The van der Waals surface area contributed by atoms with Crippen LogP contribution in [0.3, 0.4) is 0 Å². The van der Waals surface area contributed by atoms with Gasteiger partial charge in [0, 0.05) is 18.3 Å². The van der Waals surface area contributed by atoms with Crippen LogP contribution in [0.4, 0.5) is 10.5 Å². The van der Waals surface area contributed by atoms with Crippen molar-refractivity contribution in [3.8, 4) is 10.6 Å². The summed E-state index contributed by atoms with van der Waals surface area (Å²) in [6.07, 6.45) is 1.24. The number of hydrogen-bond donors (Lipinski definition) is 1. The molecule has 2 aromatic carbocycles. The Labute approximate surface area is 166 Å². The minimum absolute atomic E-state index is 0.188. The second kappa shape index (κ2) is 7.44. The number of nitrogens with one attached hydrogen (secondary N) is 1. The summed E-state index contributed by atoms with van der Waals surface area (Å²) in [5.41, 5.74) is 5.63. The molecule has 7 heteroatoms. The van der Waals surface area contributed by atoms with Crippen molar-refractivity contribution >= 4 is 34.2 Å². The number of ether oxygens (including phenoxy) is 1. The lowest BCUT2D eigenvalue weighted by Crippen LogP contribution is -2.13. The number of aromatic nitrogens is 3. The summed E-state index contributed by atoms with van der Waals surface area (Å²) in [6, 6.07) is 13.7. The lowest BCUT2D eigenvalue weighted by Gasteiger charge is -2.06. The highest BCUT2D eigenvalue weighted by Crippen LogP contribution is 2.30. The zero-order valence-corrected chi connectivity index (χ0v) is 16.7. The molecule has 28 heavy (non-hydrogen) atoms. The van der Waals surface area contributed by atoms with E-state index in [-0.39, 0.29) is 6.61 Å². The first-order valence-electron chi connectivity index (χ1n) is 8.88. The van der Waals surface area contributed by atoms with Crippen LogP contribution in [-0.4, -0.2) is 20.6 Å². The Morgan fingerprint density at radius 2 is 2.04 bits per heavy atom. The summed E-state index contributed by atoms with van der Waals surface area (Å²) < 4.78 is 7.33. The third-order valence-electron chi connectivity index (χ3n) is 4.57. The lowest BCUT2D eigenvalue weighted by molar-refractivity contribution is 0.156. The van der Waals surface area contributed by atoms with Crippen LogP contribution in [0.15, 0.2) is 48.8 Å². The Balaban J connectivity index is 1.42. The number of imidazole rings is 1. The van der Waals surface area contributed by atoms with Gasteiger partial charge in [0.05, 0.1) is 27.9 Å². The van der Waals surface area contributed by atoms with E-state index in [9.17, 15) is 4.79 Å². The van der Waals surface area contributed by atoms with Crippen LogP contribution in [0.2, 0.25) is 0 Å². The zero-order valence-electron chi connectivity index (χ0n) is 15.9. The summed E-state index contributed by atoms with van der Waals surface area (Å²) in [6.45, 7) is 4.19. The van der Waals surface area contributed by atoms with Gasteiger partial charge in [-0.15, -0.1) is 11.3 Å². The number of carbonyl (C=O) groups excluding carboxylic acids is 1. The number of thiazole rings is 1. The number of fused-ring (bicyclic) bond motifs is 1. The number of carbonyl (C=O) groups is 1. The minimum Gasteiger partial charge on any atom is -0.444 e. The molecule has 142 valence electrons. The number of aryl methyl sites for hydroxylation is 3. The fourth-order valence-electron chi connectivity index (χ4n) is 2.99. The van der Waals surface area contributed by atoms with Gasteiger partial charge in [0.1, 0.15) is 11.6 Å². The van der Waals surface area contributed by atoms with Crippen LogP contribution in [0.5, 0.6) is 0 Å². The predicted molar refractivity (Wildman–Crippen MR) is 112 cm³/mol. The number of benzene rings is 2.